The van der Waals surface area contributed by atoms with Crippen LogP contribution in [-0.4, -0.2) is 29.5 Å². The van der Waals surface area contributed by atoms with Gasteiger partial charge in [-0.25, -0.2) is 0 Å². The van der Waals surface area contributed by atoms with Crippen LogP contribution in [0, 0.1) is 6.92 Å². The van der Waals surface area contributed by atoms with Crippen molar-refractivity contribution in [1.82, 2.24) is 9.88 Å². The van der Waals surface area contributed by atoms with Gasteiger partial charge in [0.05, 0.1) is 12.7 Å². The topological polar surface area (TPSA) is 60.9 Å². The summed E-state index contributed by atoms with van der Waals surface area (Å²) in [5.41, 5.74) is 4.39. The van der Waals surface area contributed by atoms with Crippen molar-refractivity contribution in [3.8, 4) is 17.2 Å². The minimum absolute atomic E-state index is 0.117. The monoisotopic (exact) mass is 414 g/mol. The number of carbonyl (C=O) groups excluding carboxylic acids is 1. The molecule has 0 N–H and O–H groups in total. The number of carbonyl (C=O) groups is 1. The number of fused-ring (bicyclic) bond motifs is 2. The Morgan fingerprint density at radius 1 is 1.19 bits per heavy atom. The van der Waals surface area contributed by atoms with E-state index in [0.29, 0.717) is 30.3 Å². The zero-order valence-corrected chi connectivity index (χ0v) is 17.4. The van der Waals surface area contributed by atoms with E-state index in [0.717, 1.165) is 40.3 Å². The molecule has 0 amide bonds. The zero-order chi connectivity index (χ0) is 21.4. The molecule has 6 heteroatoms. The van der Waals surface area contributed by atoms with Crippen LogP contribution in [0.2, 0.25) is 0 Å². The Bertz CT molecular complexity index is 1190. The summed E-state index contributed by atoms with van der Waals surface area (Å²) in [4.78, 5) is 19.4. The third-order valence-corrected chi connectivity index (χ3v) is 5.52. The molecule has 0 unspecified atom stereocenters. The molecule has 0 spiro atoms. The Kier molecular flexibility index (Phi) is 4.92. The zero-order valence-electron chi connectivity index (χ0n) is 17.4. The van der Waals surface area contributed by atoms with Crippen LogP contribution in [0.5, 0.6) is 17.2 Å². The van der Waals surface area contributed by atoms with Crippen molar-refractivity contribution in [2.45, 2.75) is 20.0 Å². The third kappa shape index (κ3) is 3.66. The normalized spacial score (nSPS) is 16.5. The smallest absolute Gasteiger partial charge is 0.231 e. The lowest BCUT2D eigenvalue weighted by molar-refractivity contribution is 0.0876. The van der Waals surface area contributed by atoms with Crippen LogP contribution in [0.3, 0.4) is 0 Å². The third-order valence-electron chi connectivity index (χ3n) is 5.52. The van der Waals surface area contributed by atoms with Crippen LogP contribution < -0.4 is 14.2 Å². The molecule has 156 valence electrons. The highest BCUT2D eigenvalue weighted by Crippen LogP contribution is 2.43. The number of aromatic nitrogens is 1. The molecule has 0 saturated heterocycles. The minimum Gasteiger partial charge on any atom is -0.497 e. The number of hydrogen-bond acceptors (Lipinski definition) is 6. The van der Waals surface area contributed by atoms with Gasteiger partial charge in [-0.1, -0.05) is 18.2 Å². The predicted molar refractivity (Wildman–Crippen MR) is 116 cm³/mol. The SMILES string of the molecule is COc1cccc(/C=C2\Oc3c(cc4c(c3C)OCN(Cc3cccnc3)C4)C2=O)c1. The average molecular weight is 414 g/mol. The number of pyridine rings is 1. The van der Waals surface area contributed by atoms with E-state index in [1.165, 1.54) is 0 Å². The molecule has 0 fully saturated rings. The number of benzene rings is 2. The molecule has 0 bridgehead atoms. The fraction of sp³-hybridized carbons (Fsp3) is 0.200. The summed E-state index contributed by atoms with van der Waals surface area (Å²) >= 11 is 0. The van der Waals surface area contributed by atoms with Crippen molar-refractivity contribution in [1.29, 1.82) is 0 Å². The first kappa shape index (κ1) is 19.3. The van der Waals surface area contributed by atoms with Crippen LogP contribution >= 0.6 is 0 Å². The van der Waals surface area contributed by atoms with Gasteiger partial charge in [-0.3, -0.25) is 14.7 Å². The van der Waals surface area contributed by atoms with Crippen molar-refractivity contribution in [3.05, 3.63) is 88.4 Å². The Morgan fingerprint density at radius 2 is 2.10 bits per heavy atom. The van der Waals surface area contributed by atoms with Gasteiger partial charge in [-0.15, -0.1) is 0 Å². The van der Waals surface area contributed by atoms with Gasteiger partial charge in [0.15, 0.2) is 5.76 Å². The molecule has 3 aromatic rings. The van der Waals surface area contributed by atoms with E-state index in [9.17, 15) is 4.79 Å². The van der Waals surface area contributed by atoms with Gasteiger partial charge in [-0.2, -0.15) is 0 Å². The fourth-order valence-corrected chi connectivity index (χ4v) is 4.03. The largest absolute Gasteiger partial charge is 0.497 e. The van der Waals surface area contributed by atoms with Crippen LogP contribution in [0.1, 0.15) is 32.6 Å². The van der Waals surface area contributed by atoms with Crippen molar-refractivity contribution in [3.63, 3.8) is 0 Å². The summed E-state index contributed by atoms with van der Waals surface area (Å²) in [6.07, 6.45) is 5.37. The molecule has 0 atom stereocenters. The summed E-state index contributed by atoms with van der Waals surface area (Å²) in [7, 11) is 1.62. The van der Waals surface area contributed by atoms with Gasteiger partial charge in [0.1, 0.15) is 24.0 Å². The van der Waals surface area contributed by atoms with Gasteiger partial charge in [0, 0.05) is 36.6 Å². The summed E-state index contributed by atoms with van der Waals surface area (Å²) in [5.74, 6) is 2.30. The number of Topliss-reactive ketones (excluding diaryl/α,β-unsaturated/α-hetero) is 1. The highest BCUT2D eigenvalue weighted by molar-refractivity contribution is 6.15. The van der Waals surface area contributed by atoms with E-state index in [4.69, 9.17) is 14.2 Å². The molecule has 6 nitrogen and oxygen atoms in total. The Balaban J connectivity index is 1.43. The van der Waals surface area contributed by atoms with Crippen molar-refractivity contribution >= 4 is 11.9 Å². The number of ether oxygens (including phenoxy) is 3. The first-order chi connectivity index (χ1) is 15.1. The number of rotatable bonds is 4. The number of methoxy groups -OCH3 is 1. The Morgan fingerprint density at radius 3 is 2.90 bits per heavy atom. The highest BCUT2D eigenvalue weighted by atomic mass is 16.5. The molecule has 3 heterocycles. The Hall–Kier alpha value is -3.64. The highest BCUT2D eigenvalue weighted by Gasteiger charge is 2.33. The lowest BCUT2D eigenvalue weighted by atomic mass is 10.00. The molecular formula is C25H22N2O4. The van der Waals surface area contributed by atoms with Crippen LogP contribution in [0.4, 0.5) is 0 Å². The first-order valence-corrected chi connectivity index (χ1v) is 10.1. The quantitative estimate of drug-likeness (QED) is 0.591. The van der Waals surface area contributed by atoms with Gasteiger partial charge >= 0.3 is 0 Å². The first-order valence-electron chi connectivity index (χ1n) is 10.1. The number of allylic oxidation sites excluding steroid dienone is 1. The number of ketones is 1. The Labute approximate surface area is 180 Å². The van der Waals surface area contributed by atoms with Gasteiger partial charge < -0.3 is 14.2 Å². The lowest BCUT2D eigenvalue weighted by Crippen LogP contribution is -2.32. The summed E-state index contributed by atoms with van der Waals surface area (Å²) in [6.45, 7) is 3.84. The van der Waals surface area contributed by atoms with Gasteiger partial charge in [0.2, 0.25) is 5.78 Å². The van der Waals surface area contributed by atoms with E-state index < -0.39 is 0 Å². The van der Waals surface area contributed by atoms with Gasteiger partial charge in [0.25, 0.3) is 0 Å². The number of nitrogens with zero attached hydrogens (tertiary/aromatic N) is 2. The standard InChI is InChI=1S/C25H22N2O4/c1-16-24-19(14-27(15-30-24)13-18-6-4-8-26-12-18)11-21-23(28)22(31-25(16)21)10-17-5-3-7-20(9-17)29-2/h3-12H,13-15H2,1-2H3/b22-10-. The second-order valence-electron chi connectivity index (χ2n) is 7.70. The second kappa shape index (κ2) is 7.89. The van der Waals surface area contributed by atoms with Gasteiger partial charge in [-0.05, 0) is 48.4 Å². The van der Waals surface area contributed by atoms with E-state index in [1.807, 2.05) is 55.6 Å². The van der Waals surface area contributed by atoms with Crippen LogP contribution in [0.15, 0.2) is 60.6 Å². The van der Waals surface area contributed by atoms with E-state index in [-0.39, 0.29) is 5.78 Å². The molecule has 2 aromatic carbocycles. The molecule has 0 aliphatic carbocycles. The maximum Gasteiger partial charge on any atom is 0.231 e. The molecule has 0 radical (unpaired) electrons. The predicted octanol–water partition coefficient (Wildman–Crippen LogP) is 4.37. The maximum atomic E-state index is 13.1. The molecule has 1 aromatic heterocycles. The van der Waals surface area contributed by atoms with Crippen LogP contribution in [-0.2, 0) is 13.1 Å². The van der Waals surface area contributed by atoms with E-state index >= 15 is 0 Å². The second-order valence-corrected chi connectivity index (χ2v) is 7.70. The molecule has 31 heavy (non-hydrogen) atoms. The summed E-state index contributed by atoms with van der Waals surface area (Å²) in [5, 5.41) is 0. The van der Waals surface area contributed by atoms with E-state index in [2.05, 4.69) is 9.88 Å². The number of hydrogen-bond donors (Lipinski definition) is 0. The fourth-order valence-electron chi connectivity index (χ4n) is 4.03. The average Bonchev–Trinajstić information content (AvgIpc) is 3.10. The van der Waals surface area contributed by atoms with E-state index in [1.54, 1.807) is 19.4 Å². The van der Waals surface area contributed by atoms with Crippen molar-refractivity contribution in [2.75, 3.05) is 13.8 Å². The molecular weight excluding hydrogens is 392 g/mol. The maximum absolute atomic E-state index is 13.1. The minimum atomic E-state index is -0.117. The van der Waals surface area contributed by atoms with Crippen molar-refractivity contribution < 1.29 is 19.0 Å². The molecule has 5 rings (SSSR count). The molecule has 2 aliphatic rings. The van der Waals surface area contributed by atoms with Crippen molar-refractivity contribution in [2.24, 2.45) is 0 Å². The molecule has 2 aliphatic heterocycles. The van der Waals surface area contributed by atoms with Crippen LogP contribution in [0.25, 0.3) is 6.08 Å². The molecule has 0 saturated carbocycles. The summed E-state index contributed by atoms with van der Waals surface area (Å²) in [6, 6.07) is 13.4. The summed E-state index contributed by atoms with van der Waals surface area (Å²) < 4.78 is 17.3. The lowest BCUT2D eigenvalue weighted by Gasteiger charge is -2.30.